The van der Waals surface area contributed by atoms with E-state index in [0.717, 1.165) is 25.7 Å². The van der Waals surface area contributed by atoms with Gasteiger partial charge in [0.2, 0.25) is 5.91 Å². The van der Waals surface area contributed by atoms with E-state index >= 15 is 0 Å². The van der Waals surface area contributed by atoms with Crippen molar-refractivity contribution in [2.45, 2.75) is 28.3 Å². The van der Waals surface area contributed by atoms with Crippen molar-refractivity contribution in [3.63, 3.8) is 0 Å². The highest BCUT2D eigenvalue weighted by molar-refractivity contribution is 8.03. The average Bonchev–Trinajstić information content (AvgIpc) is 3.37. The molecule has 1 aromatic carbocycles. The fourth-order valence-electron chi connectivity index (χ4n) is 2.42. The Hall–Kier alpha value is -2.08. The van der Waals surface area contributed by atoms with Crippen molar-refractivity contribution >= 4 is 63.1 Å². The molecule has 2 heterocycles. The van der Waals surface area contributed by atoms with Crippen LogP contribution in [0.4, 0.5) is 5.00 Å². The third-order valence-electron chi connectivity index (χ3n) is 3.88. The fourth-order valence-corrected chi connectivity index (χ4v) is 6.18. The van der Waals surface area contributed by atoms with Crippen LogP contribution in [0.1, 0.15) is 27.7 Å². The second-order valence-corrected chi connectivity index (χ2v) is 10.6. The van der Waals surface area contributed by atoms with Crippen LogP contribution >= 0.6 is 46.2 Å². The smallest absolute Gasteiger partial charge is 0.348 e. The predicted molar refractivity (Wildman–Crippen MR) is 127 cm³/mol. The van der Waals surface area contributed by atoms with E-state index in [-0.39, 0.29) is 17.6 Å². The van der Waals surface area contributed by atoms with Crippen LogP contribution in [0.2, 0.25) is 0 Å². The van der Waals surface area contributed by atoms with Crippen LogP contribution < -0.4 is 10.1 Å². The first-order valence-corrected chi connectivity index (χ1v) is 12.9. The van der Waals surface area contributed by atoms with Gasteiger partial charge in [0.1, 0.15) is 10.6 Å². The minimum absolute atomic E-state index is 0.163. The lowest BCUT2D eigenvalue weighted by atomic mass is 10.2. The number of ether oxygens (including phenoxy) is 2. The van der Waals surface area contributed by atoms with Crippen LogP contribution in [0.5, 0.6) is 5.75 Å². The van der Waals surface area contributed by atoms with Gasteiger partial charge >= 0.3 is 5.97 Å². The molecule has 0 aliphatic heterocycles. The molecule has 164 valence electrons. The Bertz CT molecular complexity index is 1030. The molecule has 0 fully saturated rings. The van der Waals surface area contributed by atoms with Crippen molar-refractivity contribution in [1.82, 2.24) is 10.2 Å². The number of methoxy groups -OCH3 is 1. The number of nitrogens with zero attached hydrogens (tertiary/aromatic N) is 2. The summed E-state index contributed by atoms with van der Waals surface area (Å²) in [6.45, 7) is 3.90. The molecule has 31 heavy (non-hydrogen) atoms. The number of hydrogen-bond acceptors (Lipinski definition) is 10. The lowest BCUT2D eigenvalue weighted by molar-refractivity contribution is -0.113. The molecule has 0 radical (unpaired) electrons. The van der Waals surface area contributed by atoms with E-state index in [2.05, 4.69) is 15.5 Å². The maximum atomic E-state index is 12.3. The van der Waals surface area contributed by atoms with Gasteiger partial charge in [-0.05, 0) is 43.2 Å². The molecule has 0 spiro atoms. The highest BCUT2D eigenvalue weighted by Gasteiger charge is 2.16. The van der Waals surface area contributed by atoms with Crippen LogP contribution in [0, 0.1) is 6.92 Å². The minimum Gasteiger partial charge on any atom is -0.497 e. The molecule has 3 aromatic rings. The first-order chi connectivity index (χ1) is 15.0. The Morgan fingerprint density at radius 1 is 1.10 bits per heavy atom. The highest BCUT2D eigenvalue weighted by atomic mass is 32.2. The average molecular weight is 496 g/mol. The third kappa shape index (κ3) is 6.96. The van der Waals surface area contributed by atoms with Gasteiger partial charge in [-0.1, -0.05) is 47.0 Å². The lowest BCUT2D eigenvalue weighted by Gasteiger charge is -2.01. The second-order valence-electron chi connectivity index (χ2n) is 6.15. The number of amides is 1. The molecule has 11 heteroatoms. The number of esters is 1. The summed E-state index contributed by atoms with van der Waals surface area (Å²) in [5.41, 5.74) is 1.96. The summed E-state index contributed by atoms with van der Waals surface area (Å²) < 4.78 is 11.8. The molecule has 0 aliphatic carbocycles. The first kappa shape index (κ1) is 23.6. The largest absolute Gasteiger partial charge is 0.497 e. The normalized spacial score (nSPS) is 10.7. The van der Waals surface area contributed by atoms with Gasteiger partial charge in [0.15, 0.2) is 8.68 Å². The number of benzene rings is 1. The zero-order valence-corrected chi connectivity index (χ0v) is 20.4. The molecule has 3 rings (SSSR count). The van der Waals surface area contributed by atoms with Crippen LogP contribution in [0.3, 0.4) is 0 Å². The molecular weight excluding hydrogens is 475 g/mol. The molecule has 0 saturated carbocycles. The molecule has 0 saturated heterocycles. The number of rotatable bonds is 10. The first-order valence-electron chi connectivity index (χ1n) is 9.28. The number of hydrogen-bond donors (Lipinski definition) is 1. The minimum atomic E-state index is -0.367. The number of thioether (sulfide) groups is 2. The number of aromatic nitrogens is 2. The van der Waals surface area contributed by atoms with Crippen LogP contribution in [0.15, 0.2) is 39.0 Å². The van der Waals surface area contributed by atoms with Crippen molar-refractivity contribution in [2.24, 2.45) is 0 Å². The van der Waals surface area contributed by atoms with E-state index in [1.165, 1.54) is 40.0 Å². The Kier molecular flexibility index (Phi) is 8.76. The summed E-state index contributed by atoms with van der Waals surface area (Å²) >= 11 is 5.62. The summed E-state index contributed by atoms with van der Waals surface area (Å²) in [6.07, 6.45) is 0. The number of carbonyl (C=O) groups is 2. The maximum absolute atomic E-state index is 12.3. The van der Waals surface area contributed by atoms with Gasteiger partial charge in [0.05, 0.1) is 24.5 Å². The number of aryl methyl sites for hydroxylation is 1. The van der Waals surface area contributed by atoms with Crippen molar-refractivity contribution in [2.75, 3.05) is 24.8 Å². The van der Waals surface area contributed by atoms with Gasteiger partial charge in [-0.25, -0.2) is 4.79 Å². The quantitative estimate of drug-likeness (QED) is 0.306. The van der Waals surface area contributed by atoms with Crippen molar-refractivity contribution < 1.29 is 19.1 Å². The summed E-state index contributed by atoms with van der Waals surface area (Å²) in [7, 11) is 1.65. The number of thiophene rings is 1. The Balaban J connectivity index is 1.46. The topological polar surface area (TPSA) is 90.4 Å². The van der Waals surface area contributed by atoms with Crippen LogP contribution in [-0.2, 0) is 15.3 Å². The van der Waals surface area contributed by atoms with E-state index in [1.54, 1.807) is 31.9 Å². The van der Waals surface area contributed by atoms with Gasteiger partial charge in [-0.15, -0.1) is 21.5 Å². The number of anilines is 1. The van der Waals surface area contributed by atoms with E-state index < -0.39 is 0 Å². The fraction of sp³-hybridized carbons (Fsp3) is 0.300. The third-order valence-corrected chi connectivity index (χ3v) is 8.27. The molecule has 1 amide bonds. The van der Waals surface area contributed by atoms with Crippen molar-refractivity contribution in [1.29, 1.82) is 0 Å². The Morgan fingerprint density at radius 2 is 1.81 bits per heavy atom. The van der Waals surface area contributed by atoms with Crippen LogP contribution in [-0.4, -0.2) is 41.5 Å². The molecule has 0 bridgehead atoms. The molecule has 1 N–H and O–H groups in total. The van der Waals surface area contributed by atoms with Gasteiger partial charge in [-0.2, -0.15) is 0 Å². The Morgan fingerprint density at radius 3 is 2.48 bits per heavy atom. The second kappa shape index (κ2) is 11.5. The standard InChI is InChI=1S/C20H21N3O4S4/c1-4-27-18(25)17-12(2)9-16(30-17)21-15(24)11-29-20-23-22-19(31-20)28-10-13-5-7-14(26-3)8-6-13/h5-9H,4,10-11H2,1-3H3,(H,21,24). The van der Waals surface area contributed by atoms with Gasteiger partial charge in [0.25, 0.3) is 0 Å². The number of nitrogens with one attached hydrogen (secondary N) is 1. The van der Waals surface area contributed by atoms with Gasteiger partial charge in [0, 0.05) is 5.75 Å². The summed E-state index contributed by atoms with van der Waals surface area (Å²) in [5.74, 6) is 1.29. The van der Waals surface area contributed by atoms with E-state index in [9.17, 15) is 9.59 Å². The van der Waals surface area contributed by atoms with Crippen LogP contribution in [0.25, 0.3) is 0 Å². The molecule has 2 aromatic heterocycles. The van der Waals surface area contributed by atoms with Crippen molar-refractivity contribution in [3.05, 3.63) is 46.3 Å². The molecule has 0 atom stereocenters. The lowest BCUT2D eigenvalue weighted by Crippen LogP contribution is -2.12. The Labute approximate surface area is 196 Å². The highest BCUT2D eigenvalue weighted by Crippen LogP contribution is 2.32. The zero-order chi connectivity index (χ0) is 22.2. The van der Waals surface area contributed by atoms with E-state index in [4.69, 9.17) is 9.47 Å². The summed E-state index contributed by atoms with van der Waals surface area (Å²) in [6, 6.07) is 9.68. The molecule has 0 aliphatic rings. The maximum Gasteiger partial charge on any atom is 0.348 e. The van der Waals surface area contributed by atoms with Gasteiger partial charge < -0.3 is 14.8 Å². The molecule has 0 unspecified atom stereocenters. The van der Waals surface area contributed by atoms with Gasteiger partial charge in [-0.3, -0.25) is 4.79 Å². The number of carbonyl (C=O) groups excluding carboxylic acids is 2. The zero-order valence-electron chi connectivity index (χ0n) is 17.2. The SMILES string of the molecule is CCOC(=O)c1sc(NC(=O)CSc2nnc(SCc3ccc(OC)cc3)s2)cc1C. The van der Waals surface area contributed by atoms with E-state index in [0.29, 0.717) is 16.5 Å². The molecule has 7 nitrogen and oxygen atoms in total. The van der Waals surface area contributed by atoms with E-state index in [1.807, 2.05) is 31.2 Å². The molecular formula is C20H21N3O4S4. The predicted octanol–water partition coefficient (Wildman–Crippen LogP) is 5.12. The summed E-state index contributed by atoms with van der Waals surface area (Å²) in [4.78, 5) is 24.7. The van der Waals surface area contributed by atoms with Crippen molar-refractivity contribution in [3.8, 4) is 5.75 Å². The summed E-state index contributed by atoms with van der Waals surface area (Å²) in [5, 5.41) is 11.8. The monoisotopic (exact) mass is 495 g/mol.